The average molecular weight is 207 g/mol. The lowest BCUT2D eigenvalue weighted by Crippen LogP contribution is -2.18. The van der Waals surface area contributed by atoms with Crippen LogP contribution in [-0.2, 0) is 4.79 Å². The van der Waals surface area contributed by atoms with E-state index in [0.29, 0.717) is 24.8 Å². The first-order chi connectivity index (χ1) is 5.60. The minimum atomic E-state index is 0.120. The highest BCUT2D eigenvalue weighted by atomic mass is 33.1. The molecule has 4 heteroatoms. The standard InChI is InChI=1S/C8H17NOS2/c1-6(2)3-7(5-9)4-8(10)12-11/h6-7,11H,3-5,9H2,1-2H3. The van der Waals surface area contributed by atoms with E-state index in [-0.39, 0.29) is 5.12 Å². The van der Waals surface area contributed by atoms with E-state index < -0.39 is 0 Å². The van der Waals surface area contributed by atoms with Crippen LogP contribution in [0.1, 0.15) is 26.7 Å². The van der Waals surface area contributed by atoms with Crippen LogP contribution in [0.25, 0.3) is 0 Å². The van der Waals surface area contributed by atoms with E-state index in [1.165, 1.54) is 0 Å². The molecule has 0 aliphatic rings. The summed E-state index contributed by atoms with van der Waals surface area (Å²) >= 11 is 3.85. The maximum Gasteiger partial charge on any atom is 0.199 e. The van der Waals surface area contributed by atoms with Crippen LogP contribution in [0.5, 0.6) is 0 Å². The third-order valence-corrected chi connectivity index (χ3v) is 2.68. The van der Waals surface area contributed by atoms with Gasteiger partial charge < -0.3 is 5.73 Å². The van der Waals surface area contributed by atoms with Crippen molar-refractivity contribution in [3.05, 3.63) is 0 Å². The zero-order chi connectivity index (χ0) is 9.56. The summed E-state index contributed by atoms with van der Waals surface area (Å²) in [5.41, 5.74) is 5.54. The monoisotopic (exact) mass is 207 g/mol. The second kappa shape index (κ2) is 6.80. The second-order valence-electron chi connectivity index (χ2n) is 3.40. The van der Waals surface area contributed by atoms with Gasteiger partial charge in [-0.05, 0) is 35.6 Å². The molecule has 1 unspecified atom stereocenters. The molecule has 0 heterocycles. The van der Waals surface area contributed by atoms with Crippen molar-refractivity contribution in [2.75, 3.05) is 6.54 Å². The Morgan fingerprint density at radius 3 is 2.50 bits per heavy atom. The predicted octanol–water partition coefficient (Wildman–Crippen LogP) is 2.10. The number of carbonyl (C=O) groups excluding carboxylic acids is 1. The van der Waals surface area contributed by atoms with E-state index in [1.807, 2.05) is 0 Å². The van der Waals surface area contributed by atoms with Crippen LogP contribution in [0.15, 0.2) is 0 Å². The first-order valence-corrected chi connectivity index (χ1v) is 6.01. The number of hydrogen-bond donors (Lipinski definition) is 2. The normalized spacial score (nSPS) is 13.4. The molecule has 0 spiro atoms. The minimum absolute atomic E-state index is 0.120. The molecule has 2 N–H and O–H groups in total. The first-order valence-electron chi connectivity index (χ1n) is 4.14. The molecular formula is C8H17NOS2. The van der Waals surface area contributed by atoms with Gasteiger partial charge >= 0.3 is 0 Å². The molecule has 0 aromatic rings. The number of nitrogens with two attached hydrogens (primary N) is 1. The van der Waals surface area contributed by atoms with E-state index >= 15 is 0 Å². The van der Waals surface area contributed by atoms with Gasteiger partial charge in [0, 0.05) is 6.42 Å². The number of carbonyl (C=O) groups is 1. The molecule has 0 saturated carbocycles. The fraction of sp³-hybridized carbons (Fsp3) is 0.875. The highest BCUT2D eigenvalue weighted by molar-refractivity contribution is 8.74. The molecule has 72 valence electrons. The van der Waals surface area contributed by atoms with Crippen LogP contribution in [-0.4, -0.2) is 11.7 Å². The van der Waals surface area contributed by atoms with Crippen LogP contribution >= 0.6 is 22.5 Å². The smallest absolute Gasteiger partial charge is 0.199 e. The highest BCUT2D eigenvalue weighted by Crippen LogP contribution is 2.19. The molecule has 0 aliphatic heterocycles. The lowest BCUT2D eigenvalue weighted by atomic mass is 9.95. The predicted molar refractivity (Wildman–Crippen MR) is 58.2 cm³/mol. The first kappa shape index (κ1) is 12.3. The topological polar surface area (TPSA) is 43.1 Å². The quantitative estimate of drug-likeness (QED) is 0.536. The Hall–Kier alpha value is 0.330. The van der Waals surface area contributed by atoms with Gasteiger partial charge in [0.1, 0.15) is 0 Å². The minimum Gasteiger partial charge on any atom is -0.330 e. The Labute approximate surface area is 83.5 Å². The molecule has 0 saturated heterocycles. The summed E-state index contributed by atoms with van der Waals surface area (Å²) in [7, 11) is 0.996. The van der Waals surface area contributed by atoms with E-state index in [9.17, 15) is 4.79 Å². The highest BCUT2D eigenvalue weighted by Gasteiger charge is 2.13. The van der Waals surface area contributed by atoms with Crippen molar-refractivity contribution in [3.8, 4) is 0 Å². The molecule has 1 atom stereocenters. The molecule has 0 fully saturated rings. The molecule has 0 radical (unpaired) electrons. The molecule has 0 amide bonds. The Morgan fingerprint density at radius 1 is 1.58 bits per heavy atom. The van der Waals surface area contributed by atoms with E-state index in [4.69, 9.17) is 5.73 Å². The summed E-state index contributed by atoms with van der Waals surface area (Å²) < 4.78 is 0. The molecular weight excluding hydrogens is 190 g/mol. The Kier molecular flexibility index (Phi) is 6.99. The third kappa shape index (κ3) is 5.91. The number of hydrogen-bond acceptors (Lipinski definition) is 4. The fourth-order valence-corrected chi connectivity index (χ4v) is 1.74. The Bertz CT molecular complexity index is 139. The van der Waals surface area contributed by atoms with Gasteiger partial charge in [-0.3, -0.25) is 4.79 Å². The van der Waals surface area contributed by atoms with Crippen LogP contribution < -0.4 is 5.73 Å². The number of rotatable bonds is 5. The summed E-state index contributed by atoms with van der Waals surface area (Å²) in [5, 5.41) is 0.120. The van der Waals surface area contributed by atoms with Crippen molar-refractivity contribution >= 4 is 27.6 Å². The zero-order valence-electron chi connectivity index (χ0n) is 7.62. The lowest BCUT2D eigenvalue weighted by Gasteiger charge is -2.14. The van der Waals surface area contributed by atoms with Crippen molar-refractivity contribution < 1.29 is 4.79 Å². The van der Waals surface area contributed by atoms with Crippen LogP contribution in [0.2, 0.25) is 0 Å². The molecule has 0 aromatic carbocycles. The SMILES string of the molecule is CC(C)CC(CN)CC(=O)SS. The van der Waals surface area contributed by atoms with Gasteiger partial charge in [-0.1, -0.05) is 13.8 Å². The van der Waals surface area contributed by atoms with Gasteiger partial charge in [0.2, 0.25) is 0 Å². The van der Waals surface area contributed by atoms with Crippen molar-refractivity contribution in [1.29, 1.82) is 0 Å². The van der Waals surface area contributed by atoms with Crippen LogP contribution in [0.4, 0.5) is 0 Å². The van der Waals surface area contributed by atoms with Crippen molar-refractivity contribution in [2.24, 2.45) is 17.6 Å². The molecule has 0 aliphatic carbocycles. The zero-order valence-corrected chi connectivity index (χ0v) is 9.33. The summed E-state index contributed by atoms with van der Waals surface area (Å²) in [6, 6.07) is 0. The average Bonchev–Trinajstić information content (AvgIpc) is 2.02. The van der Waals surface area contributed by atoms with E-state index in [0.717, 1.165) is 17.2 Å². The van der Waals surface area contributed by atoms with Crippen LogP contribution in [0.3, 0.4) is 0 Å². The molecule has 2 nitrogen and oxygen atoms in total. The summed E-state index contributed by atoms with van der Waals surface area (Å²) in [6.07, 6.45) is 1.58. The molecule has 0 bridgehead atoms. The summed E-state index contributed by atoms with van der Waals surface area (Å²) in [5.74, 6) is 0.938. The second-order valence-corrected chi connectivity index (χ2v) is 4.58. The van der Waals surface area contributed by atoms with E-state index in [2.05, 4.69) is 25.5 Å². The molecule has 0 rings (SSSR count). The maximum absolute atomic E-state index is 11.0. The van der Waals surface area contributed by atoms with Gasteiger partial charge in [0.25, 0.3) is 0 Å². The Balaban J connectivity index is 3.74. The Morgan fingerprint density at radius 2 is 2.17 bits per heavy atom. The van der Waals surface area contributed by atoms with Crippen LogP contribution in [0, 0.1) is 11.8 Å². The fourth-order valence-electron chi connectivity index (χ4n) is 1.20. The van der Waals surface area contributed by atoms with Crippen molar-refractivity contribution in [1.82, 2.24) is 0 Å². The summed E-state index contributed by atoms with van der Waals surface area (Å²) in [6.45, 7) is 4.88. The van der Waals surface area contributed by atoms with Gasteiger partial charge in [-0.15, -0.1) is 11.7 Å². The molecule has 0 aromatic heterocycles. The maximum atomic E-state index is 11.0. The molecule has 12 heavy (non-hydrogen) atoms. The summed E-state index contributed by atoms with van der Waals surface area (Å²) in [4.78, 5) is 11.0. The van der Waals surface area contributed by atoms with Crippen molar-refractivity contribution in [2.45, 2.75) is 26.7 Å². The van der Waals surface area contributed by atoms with Gasteiger partial charge in [0.15, 0.2) is 5.12 Å². The van der Waals surface area contributed by atoms with Gasteiger partial charge in [0.05, 0.1) is 0 Å². The van der Waals surface area contributed by atoms with Gasteiger partial charge in [-0.25, -0.2) is 0 Å². The number of thiol groups is 1. The largest absolute Gasteiger partial charge is 0.330 e. The third-order valence-electron chi connectivity index (χ3n) is 1.70. The lowest BCUT2D eigenvalue weighted by molar-refractivity contribution is -0.111. The van der Waals surface area contributed by atoms with Crippen molar-refractivity contribution in [3.63, 3.8) is 0 Å². The van der Waals surface area contributed by atoms with Gasteiger partial charge in [-0.2, -0.15) is 0 Å². The van der Waals surface area contributed by atoms with E-state index in [1.54, 1.807) is 0 Å².